The largest absolute Gasteiger partial charge is 0.314 e. The Morgan fingerprint density at radius 1 is 1.03 bits per heavy atom. The average molecular weight is 435 g/mol. The third kappa shape index (κ3) is 8.17. The summed E-state index contributed by atoms with van der Waals surface area (Å²) in [7, 11) is 0. The predicted molar refractivity (Wildman–Crippen MR) is 140 cm³/mol. The van der Waals surface area contributed by atoms with Gasteiger partial charge in [0.15, 0.2) is 0 Å². The predicted octanol–water partition coefficient (Wildman–Crippen LogP) is 6.77. The highest BCUT2D eigenvalue weighted by Crippen LogP contribution is 2.42. The van der Waals surface area contributed by atoms with Crippen LogP contribution in [0.3, 0.4) is 0 Å². The van der Waals surface area contributed by atoms with Gasteiger partial charge in [0.25, 0.3) is 0 Å². The van der Waals surface area contributed by atoms with Crippen LogP contribution in [0.25, 0.3) is 0 Å². The smallest absolute Gasteiger partial charge is 0.0593 e. The lowest BCUT2D eigenvalue weighted by Gasteiger charge is -2.29. The zero-order valence-corrected chi connectivity index (χ0v) is 20.4. The minimum Gasteiger partial charge on any atom is -0.314 e. The number of hydrogen-bond acceptors (Lipinski definition) is 3. The van der Waals surface area contributed by atoms with Crippen molar-refractivity contribution in [2.24, 2.45) is 0 Å². The molecule has 166 valence electrons. The molecular weight excluding hydrogens is 396 g/mol. The standard InChI is InChI=1S/C26H32N2S.C2H6/c1-4-5-9-25(20-28-18-16-27-17-19-28)22(3)29-26(23-10-7-6-8-11-23)24-14-12-21(2)13-15-24;1-2/h4-15,26-27H,3,16-20H2,1-2H3;1-2H3/b5-4-,25-9-;. The molecule has 0 saturated carbocycles. The maximum Gasteiger partial charge on any atom is 0.0593 e. The summed E-state index contributed by atoms with van der Waals surface area (Å²) < 4.78 is 0. The van der Waals surface area contributed by atoms with E-state index in [4.69, 9.17) is 0 Å². The Labute approximate surface area is 194 Å². The Balaban J connectivity index is 0.00000166. The third-order valence-corrected chi connectivity index (χ3v) is 6.52. The van der Waals surface area contributed by atoms with Gasteiger partial charge in [-0.1, -0.05) is 98.8 Å². The Bertz CT molecular complexity index is 831. The SMILES string of the molecule is C=C(SC(c1ccccc1)c1ccc(C)cc1)/C(=C\C=C/C)CN1CCNCC1.CC. The Morgan fingerprint density at radius 2 is 1.65 bits per heavy atom. The second-order valence-electron chi connectivity index (χ2n) is 7.49. The van der Waals surface area contributed by atoms with Crippen molar-refractivity contribution < 1.29 is 0 Å². The van der Waals surface area contributed by atoms with Crippen molar-refractivity contribution in [3.63, 3.8) is 0 Å². The molecule has 2 aromatic rings. The summed E-state index contributed by atoms with van der Waals surface area (Å²) in [6.07, 6.45) is 6.45. The normalized spacial score (nSPS) is 15.9. The Kier molecular flexibility index (Phi) is 11.4. The maximum absolute atomic E-state index is 4.50. The first-order valence-corrected chi connectivity index (χ1v) is 12.3. The second-order valence-corrected chi connectivity index (χ2v) is 8.69. The molecule has 31 heavy (non-hydrogen) atoms. The van der Waals surface area contributed by atoms with Crippen molar-refractivity contribution in [2.75, 3.05) is 32.7 Å². The zero-order valence-electron chi connectivity index (χ0n) is 19.6. The fourth-order valence-electron chi connectivity index (χ4n) is 3.47. The molecule has 0 aromatic heterocycles. The highest BCUT2D eigenvalue weighted by atomic mass is 32.2. The first kappa shape index (κ1) is 25.2. The summed E-state index contributed by atoms with van der Waals surface area (Å²) in [5.74, 6) is 0. The van der Waals surface area contributed by atoms with Crippen LogP contribution < -0.4 is 5.32 Å². The number of allylic oxidation sites excluding steroid dienone is 3. The summed E-state index contributed by atoms with van der Waals surface area (Å²) in [6, 6.07) is 19.7. The molecule has 0 spiro atoms. The van der Waals surface area contributed by atoms with Gasteiger partial charge in [-0.05, 0) is 30.5 Å². The molecule has 2 nitrogen and oxygen atoms in total. The highest BCUT2D eigenvalue weighted by molar-refractivity contribution is 8.03. The lowest BCUT2D eigenvalue weighted by Crippen LogP contribution is -2.44. The van der Waals surface area contributed by atoms with E-state index in [0.29, 0.717) is 0 Å². The minimum atomic E-state index is 0.237. The molecule has 0 radical (unpaired) electrons. The van der Waals surface area contributed by atoms with Gasteiger partial charge >= 0.3 is 0 Å². The number of thioether (sulfide) groups is 1. The molecule has 2 aromatic carbocycles. The number of nitrogens with one attached hydrogen (secondary N) is 1. The van der Waals surface area contributed by atoms with Gasteiger partial charge in [0.05, 0.1) is 5.25 Å². The van der Waals surface area contributed by atoms with Crippen molar-refractivity contribution in [2.45, 2.75) is 32.9 Å². The zero-order chi connectivity index (χ0) is 22.5. The van der Waals surface area contributed by atoms with E-state index in [9.17, 15) is 0 Å². The van der Waals surface area contributed by atoms with Crippen LogP contribution in [0.1, 0.15) is 42.7 Å². The molecule has 1 unspecified atom stereocenters. The first-order valence-electron chi connectivity index (χ1n) is 11.4. The van der Waals surface area contributed by atoms with Crippen molar-refractivity contribution in [1.29, 1.82) is 0 Å². The molecule has 0 bridgehead atoms. The van der Waals surface area contributed by atoms with Crippen LogP contribution in [0.2, 0.25) is 0 Å². The molecule has 1 atom stereocenters. The van der Waals surface area contributed by atoms with Gasteiger partial charge in [0, 0.05) is 37.6 Å². The van der Waals surface area contributed by atoms with Crippen molar-refractivity contribution in [3.05, 3.63) is 107 Å². The van der Waals surface area contributed by atoms with Gasteiger partial charge in [-0.25, -0.2) is 0 Å². The first-order chi connectivity index (χ1) is 15.2. The fourth-order valence-corrected chi connectivity index (χ4v) is 4.63. The molecular formula is C28H38N2S. The average Bonchev–Trinajstić information content (AvgIpc) is 2.83. The topological polar surface area (TPSA) is 15.3 Å². The van der Waals surface area contributed by atoms with Gasteiger partial charge in [0.1, 0.15) is 0 Å². The van der Waals surface area contributed by atoms with Crippen LogP contribution in [0, 0.1) is 6.92 Å². The monoisotopic (exact) mass is 434 g/mol. The van der Waals surface area contributed by atoms with E-state index >= 15 is 0 Å². The van der Waals surface area contributed by atoms with Crippen LogP contribution in [-0.4, -0.2) is 37.6 Å². The summed E-state index contributed by atoms with van der Waals surface area (Å²) in [5, 5.41) is 3.67. The lowest BCUT2D eigenvalue weighted by molar-refractivity contribution is 0.261. The van der Waals surface area contributed by atoms with Crippen LogP contribution in [0.4, 0.5) is 0 Å². The van der Waals surface area contributed by atoms with E-state index in [1.54, 1.807) is 0 Å². The molecule has 1 N–H and O–H groups in total. The molecule has 1 aliphatic rings. The van der Waals surface area contributed by atoms with Gasteiger partial charge in [0.2, 0.25) is 0 Å². The fraction of sp³-hybridized carbons (Fsp3) is 0.357. The van der Waals surface area contributed by atoms with Gasteiger partial charge in [-0.15, -0.1) is 11.8 Å². The van der Waals surface area contributed by atoms with Crippen molar-refractivity contribution >= 4 is 11.8 Å². The Morgan fingerprint density at radius 3 is 2.26 bits per heavy atom. The molecule has 1 heterocycles. The minimum absolute atomic E-state index is 0.237. The number of hydrogen-bond donors (Lipinski definition) is 1. The molecule has 3 rings (SSSR count). The maximum atomic E-state index is 4.50. The van der Waals surface area contributed by atoms with Crippen LogP contribution in [0.5, 0.6) is 0 Å². The van der Waals surface area contributed by atoms with Gasteiger partial charge in [-0.3, -0.25) is 4.90 Å². The lowest BCUT2D eigenvalue weighted by atomic mass is 10.0. The van der Waals surface area contributed by atoms with E-state index in [2.05, 4.69) is 103 Å². The van der Waals surface area contributed by atoms with E-state index in [1.807, 2.05) is 25.6 Å². The van der Waals surface area contributed by atoms with Crippen molar-refractivity contribution in [1.82, 2.24) is 10.2 Å². The van der Waals surface area contributed by atoms with Crippen molar-refractivity contribution in [3.8, 4) is 0 Å². The molecule has 0 amide bonds. The Hall–Kier alpha value is -2.07. The highest BCUT2D eigenvalue weighted by Gasteiger charge is 2.19. The number of nitrogens with zero attached hydrogens (tertiary/aromatic N) is 1. The number of aryl methyl sites for hydroxylation is 1. The van der Waals surface area contributed by atoms with Gasteiger partial charge in [-0.2, -0.15) is 0 Å². The molecule has 3 heteroatoms. The molecule has 0 aliphatic carbocycles. The summed E-state index contributed by atoms with van der Waals surface area (Å²) in [5.41, 5.74) is 5.23. The quantitative estimate of drug-likeness (QED) is 0.462. The molecule has 1 fully saturated rings. The number of benzene rings is 2. The second kappa shape index (κ2) is 14.1. The summed E-state index contributed by atoms with van der Waals surface area (Å²) >= 11 is 1.86. The van der Waals surface area contributed by atoms with E-state index in [-0.39, 0.29) is 5.25 Å². The van der Waals surface area contributed by atoms with E-state index in [0.717, 1.165) is 37.6 Å². The van der Waals surface area contributed by atoms with Gasteiger partial charge < -0.3 is 5.32 Å². The van der Waals surface area contributed by atoms with Crippen LogP contribution in [0.15, 0.2) is 89.9 Å². The van der Waals surface area contributed by atoms with Crippen LogP contribution >= 0.6 is 11.8 Å². The van der Waals surface area contributed by atoms with E-state index < -0.39 is 0 Å². The summed E-state index contributed by atoms with van der Waals surface area (Å²) in [4.78, 5) is 3.66. The summed E-state index contributed by atoms with van der Waals surface area (Å²) in [6.45, 7) is 18.0. The third-order valence-electron chi connectivity index (χ3n) is 5.19. The number of piperazine rings is 1. The number of rotatable bonds is 8. The molecule has 1 saturated heterocycles. The molecule has 1 aliphatic heterocycles. The van der Waals surface area contributed by atoms with E-state index in [1.165, 1.54) is 22.3 Å². The van der Waals surface area contributed by atoms with Crippen LogP contribution in [-0.2, 0) is 0 Å².